The van der Waals surface area contributed by atoms with E-state index in [9.17, 15) is 4.79 Å². The first kappa shape index (κ1) is 16.8. The number of hydrogen-bond acceptors (Lipinski definition) is 2. The third-order valence-electron chi connectivity index (χ3n) is 5.50. The van der Waals surface area contributed by atoms with Crippen LogP contribution >= 0.6 is 11.6 Å². The van der Waals surface area contributed by atoms with E-state index in [1.807, 2.05) is 0 Å². The van der Waals surface area contributed by atoms with Gasteiger partial charge in [0.1, 0.15) is 0 Å². The van der Waals surface area contributed by atoms with Crippen LogP contribution in [0.4, 0.5) is 0 Å². The zero-order chi connectivity index (χ0) is 16.1. The molecule has 1 heterocycles. The number of piperidine rings is 1. The molecule has 1 aliphatic heterocycles. The summed E-state index contributed by atoms with van der Waals surface area (Å²) in [7, 11) is 0. The fraction of sp³-hybridized carbons (Fsp3) is 0.632. The SMILES string of the molecule is O=C(NCC1(N2CCCCC2)CCCCC1)c1ccc(Cl)cc1. The predicted molar refractivity (Wildman–Crippen MR) is 95.0 cm³/mol. The molecule has 1 saturated carbocycles. The predicted octanol–water partition coefficient (Wildman–Crippen LogP) is 4.26. The molecule has 0 aromatic heterocycles. The number of carbonyl (C=O) groups is 1. The van der Waals surface area contributed by atoms with E-state index >= 15 is 0 Å². The van der Waals surface area contributed by atoms with E-state index < -0.39 is 0 Å². The van der Waals surface area contributed by atoms with Crippen molar-refractivity contribution in [2.24, 2.45) is 0 Å². The number of halogens is 1. The molecule has 126 valence electrons. The van der Waals surface area contributed by atoms with Gasteiger partial charge in [-0.3, -0.25) is 9.69 Å². The van der Waals surface area contributed by atoms with Crippen LogP contribution in [0.3, 0.4) is 0 Å². The fourth-order valence-corrected chi connectivity index (χ4v) is 4.26. The smallest absolute Gasteiger partial charge is 0.251 e. The van der Waals surface area contributed by atoms with Gasteiger partial charge in [0.2, 0.25) is 0 Å². The van der Waals surface area contributed by atoms with Crippen molar-refractivity contribution in [2.45, 2.75) is 56.9 Å². The summed E-state index contributed by atoms with van der Waals surface area (Å²) in [5.41, 5.74) is 0.875. The van der Waals surface area contributed by atoms with Crippen molar-refractivity contribution in [2.75, 3.05) is 19.6 Å². The standard InChI is InChI=1S/C19H27ClN2O/c20-17-9-7-16(8-10-17)18(23)21-15-19(11-3-1-4-12-19)22-13-5-2-6-14-22/h7-10H,1-6,11-15H2,(H,21,23). The average Bonchev–Trinajstić information content (AvgIpc) is 2.62. The zero-order valence-electron chi connectivity index (χ0n) is 13.8. The van der Waals surface area contributed by atoms with Crippen molar-refractivity contribution < 1.29 is 4.79 Å². The van der Waals surface area contributed by atoms with Crippen molar-refractivity contribution in [3.05, 3.63) is 34.9 Å². The van der Waals surface area contributed by atoms with E-state index in [1.54, 1.807) is 24.3 Å². The minimum absolute atomic E-state index is 0.0172. The molecule has 0 radical (unpaired) electrons. The lowest BCUT2D eigenvalue weighted by molar-refractivity contribution is 0.0326. The van der Waals surface area contributed by atoms with Crippen molar-refractivity contribution >= 4 is 17.5 Å². The fourth-order valence-electron chi connectivity index (χ4n) is 4.13. The van der Waals surface area contributed by atoms with Crippen LogP contribution in [-0.4, -0.2) is 36.0 Å². The molecule has 0 unspecified atom stereocenters. The normalized spacial score (nSPS) is 21.8. The van der Waals surface area contributed by atoms with Gasteiger partial charge in [-0.05, 0) is 63.0 Å². The first-order valence-electron chi connectivity index (χ1n) is 8.98. The van der Waals surface area contributed by atoms with Crippen LogP contribution in [0, 0.1) is 0 Å². The first-order chi connectivity index (χ1) is 11.2. The quantitative estimate of drug-likeness (QED) is 0.892. The minimum atomic E-state index is 0.0172. The van der Waals surface area contributed by atoms with E-state index in [2.05, 4.69) is 10.2 Å². The molecule has 1 amide bonds. The van der Waals surface area contributed by atoms with E-state index in [-0.39, 0.29) is 11.4 Å². The Bertz CT molecular complexity index is 517. The van der Waals surface area contributed by atoms with Crippen LogP contribution in [0.25, 0.3) is 0 Å². The number of likely N-dealkylation sites (tertiary alicyclic amines) is 1. The average molecular weight is 335 g/mol. The Labute approximate surface area is 144 Å². The van der Waals surface area contributed by atoms with Gasteiger partial charge in [0.05, 0.1) is 0 Å². The van der Waals surface area contributed by atoms with Gasteiger partial charge >= 0.3 is 0 Å². The van der Waals surface area contributed by atoms with Gasteiger partial charge in [0.15, 0.2) is 0 Å². The number of benzene rings is 1. The Morgan fingerprint density at radius 3 is 2.26 bits per heavy atom. The lowest BCUT2D eigenvalue weighted by atomic mass is 9.79. The van der Waals surface area contributed by atoms with Gasteiger partial charge in [-0.15, -0.1) is 0 Å². The van der Waals surface area contributed by atoms with Crippen molar-refractivity contribution in [1.29, 1.82) is 0 Å². The van der Waals surface area contributed by atoms with Crippen LogP contribution in [-0.2, 0) is 0 Å². The molecule has 1 saturated heterocycles. The highest BCUT2D eigenvalue weighted by Gasteiger charge is 2.38. The highest BCUT2D eigenvalue weighted by Crippen LogP contribution is 2.35. The Hall–Kier alpha value is -1.06. The second-order valence-electron chi connectivity index (χ2n) is 7.02. The lowest BCUT2D eigenvalue weighted by Crippen LogP contribution is -2.58. The highest BCUT2D eigenvalue weighted by molar-refractivity contribution is 6.30. The maximum Gasteiger partial charge on any atom is 0.251 e. The summed E-state index contributed by atoms with van der Waals surface area (Å²) >= 11 is 5.90. The van der Waals surface area contributed by atoms with Crippen LogP contribution in [0.1, 0.15) is 61.7 Å². The van der Waals surface area contributed by atoms with E-state index in [1.165, 1.54) is 64.5 Å². The molecule has 23 heavy (non-hydrogen) atoms. The first-order valence-corrected chi connectivity index (χ1v) is 9.36. The molecule has 0 spiro atoms. The summed E-state index contributed by atoms with van der Waals surface area (Å²) in [5, 5.41) is 3.87. The molecule has 3 rings (SSSR count). The number of nitrogens with zero attached hydrogens (tertiary/aromatic N) is 1. The van der Waals surface area contributed by atoms with Crippen LogP contribution in [0.15, 0.2) is 24.3 Å². The number of amides is 1. The summed E-state index contributed by atoms with van der Waals surface area (Å²) in [5.74, 6) is 0.0172. The third-order valence-corrected chi connectivity index (χ3v) is 5.75. The van der Waals surface area contributed by atoms with Crippen LogP contribution < -0.4 is 5.32 Å². The third kappa shape index (κ3) is 4.07. The number of carbonyl (C=O) groups excluding carboxylic acids is 1. The van der Waals surface area contributed by atoms with Gasteiger partial charge in [-0.1, -0.05) is 37.3 Å². The van der Waals surface area contributed by atoms with Crippen molar-refractivity contribution in [1.82, 2.24) is 10.2 Å². The zero-order valence-corrected chi connectivity index (χ0v) is 14.6. The summed E-state index contributed by atoms with van der Waals surface area (Å²) in [6.07, 6.45) is 10.3. The van der Waals surface area contributed by atoms with Gasteiger partial charge in [0, 0.05) is 22.7 Å². The van der Waals surface area contributed by atoms with E-state index in [0.717, 1.165) is 6.54 Å². The highest BCUT2D eigenvalue weighted by atomic mass is 35.5. The van der Waals surface area contributed by atoms with Crippen molar-refractivity contribution in [3.8, 4) is 0 Å². The summed E-state index contributed by atoms with van der Waals surface area (Å²) in [6, 6.07) is 7.15. The summed E-state index contributed by atoms with van der Waals surface area (Å²) in [6.45, 7) is 3.15. The lowest BCUT2D eigenvalue weighted by Gasteiger charge is -2.48. The molecular formula is C19H27ClN2O. The molecule has 1 aliphatic carbocycles. The maximum atomic E-state index is 12.5. The van der Waals surface area contributed by atoms with Gasteiger partial charge < -0.3 is 5.32 Å². The Morgan fingerprint density at radius 1 is 1.00 bits per heavy atom. The molecular weight excluding hydrogens is 308 g/mol. The molecule has 0 atom stereocenters. The van der Waals surface area contributed by atoms with Gasteiger partial charge in [0.25, 0.3) is 5.91 Å². The van der Waals surface area contributed by atoms with Crippen molar-refractivity contribution in [3.63, 3.8) is 0 Å². The number of nitrogens with one attached hydrogen (secondary N) is 1. The maximum absolute atomic E-state index is 12.5. The molecule has 2 aliphatic rings. The van der Waals surface area contributed by atoms with Crippen LogP contribution in [0.5, 0.6) is 0 Å². The summed E-state index contributed by atoms with van der Waals surface area (Å²) in [4.78, 5) is 15.1. The largest absolute Gasteiger partial charge is 0.350 e. The number of hydrogen-bond donors (Lipinski definition) is 1. The van der Waals surface area contributed by atoms with Gasteiger partial charge in [-0.2, -0.15) is 0 Å². The van der Waals surface area contributed by atoms with Gasteiger partial charge in [-0.25, -0.2) is 0 Å². The van der Waals surface area contributed by atoms with E-state index in [4.69, 9.17) is 11.6 Å². The molecule has 1 aromatic carbocycles. The Balaban J connectivity index is 1.66. The molecule has 0 bridgehead atoms. The minimum Gasteiger partial charge on any atom is -0.350 e. The Kier molecular flexibility index (Phi) is 5.60. The second-order valence-corrected chi connectivity index (χ2v) is 7.46. The Morgan fingerprint density at radius 2 is 1.61 bits per heavy atom. The summed E-state index contributed by atoms with van der Waals surface area (Å²) < 4.78 is 0. The molecule has 2 fully saturated rings. The van der Waals surface area contributed by atoms with Crippen LogP contribution in [0.2, 0.25) is 5.02 Å². The molecule has 1 N–H and O–H groups in total. The van der Waals surface area contributed by atoms with E-state index in [0.29, 0.717) is 10.6 Å². The monoisotopic (exact) mass is 334 g/mol. The second kappa shape index (κ2) is 7.67. The number of rotatable bonds is 4. The molecule has 4 heteroatoms. The molecule has 3 nitrogen and oxygen atoms in total. The molecule has 1 aromatic rings. The topological polar surface area (TPSA) is 32.3 Å².